The van der Waals surface area contributed by atoms with E-state index in [4.69, 9.17) is 0 Å². The van der Waals surface area contributed by atoms with Crippen LogP contribution in [-0.2, 0) is 10.0 Å². The molecule has 0 spiro atoms. The summed E-state index contributed by atoms with van der Waals surface area (Å²) in [5.74, 6) is -0.288. The Kier molecular flexibility index (Phi) is 5.51. The minimum absolute atomic E-state index is 0.0941. The van der Waals surface area contributed by atoms with Gasteiger partial charge >= 0.3 is 0 Å². The first-order valence-electron chi connectivity index (χ1n) is 8.51. The Morgan fingerprint density at radius 3 is 2.24 bits per heavy atom. The summed E-state index contributed by atoms with van der Waals surface area (Å²) in [6, 6.07) is 13.0. The molecule has 2 aromatic carbocycles. The molecule has 0 saturated carbocycles. The van der Waals surface area contributed by atoms with Crippen LogP contribution in [0.5, 0.6) is 0 Å². The van der Waals surface area contributed by atoms with Crippen LogP contribution in [0.4, 0.5) is 4.39 Å². The number of sulfonamides is 1. The molecule has 0 radical (unpaired) electrons. The third kappa shape index (κ3) is 4.45. The van der Waals surface area contributed by atoms with E-state index in [1.165, 1.54) is 12.1 Å². The fourth-order valence-corrected chi connectivity index (χ4v) is 4.22. The standard InChI is InChI=1S/C19H23FN2O2S/c1-15-4-10-18(11-5-15)25(23,24)21-14-19(22-12-2-3-13-22)16-6-8-17(20)9-7-16/h4-11,19,21H,2-3,12-14H2,1H3. The van der Waals surface area contributed by atoms with Crippen LogP contribution >= 0.6 is 0 Å². The molecular weight excluding hydrogens is 339 g/mol. The van der Waals surface area contributed by atoms with Gasteiger partial charge in [0.2, 0.25) is 10.0 Å². The number of nitrogens with zero attached hydrogens (tertiary/aromatic N) is 1. The molecule has 0 aromatic heterocycles. The molecule has 3 rings (SSSR count). The van der Waals surface area contributed by atoms with Gasteiger partial charge in [0.25, 0.3) is 0 Å². The van der Waals surface area contributed by atoms with Crippen molar-refractivity contribution < 1.29 is 12.8 Å². The van der Waals surface area contributed by atoms with Gasteiger partial charge < -0.3 is 0 Å². The second kappa shape index (κ2) is 7.64. The summed E-state index contributed by atoms with van der Waals surface area (Å²) in [7, 11) is -3.57. The summed E-state index contributed by atoms with van der Waals surface area (Å²) in [6.07, 6.45) is 2.20. The number of nitrogens with one attached hydrogen (secondary N) is 1. The summed E-state index contributed by atoms with van der Waals surface area (Å²) in [4.78, 5) is 2.52. The maximum absolute atomic E-state index is 13.2. The average Bonchev–Trinajstić information content (AvgIpc) is 3.11. The monoisotopic (exact) mass is 362 g/mol. The van der Waals surface area contributed by atoms with Crippen molar-refractivity contribution in [2.45, 2.75) is 30.7 Å². The third-order valence-electron chi connectivity index (χ3n) is 4.63. The van der Waals surface area contributed by atoms with Crippen LogP contribution in [0.15, 0.2) is 53.4 Å². The Hall–Kier alpha value is -1.76. The van der Waals surface area contributed by atoms with Crippen LogP contribution in [0, 0.1) is 12.7 Å². The highest BCUT2D eigenvalue weighted by molar-refractivity contribution is 7.89. The largest absolute Gasteiger partial charge is 0.295 e. The van der Waals surface area contributed by atoms with Crippen LogP contribution in [0.1, 0.15) is 30.0 Å². The number of hydrogen-bond acceptors (Lipinski definition) is 3. The summed E-state index contributed by atoms with van der Waals surface area (Å²) in [5.41, 5.74) is 1.94. The summed E-state index contributed by atoms with van der Waals surface area (Å²) < 4.78 is 41.1. The molecule has 6 heteroatoms. The topological polar surface area (TPSA) is 49.4 Å². The minimum Gasteiger partial charge on any atom is -0.295 e. The van der Waals surface area contributed by atoms with Gasteiger partial charge in [-0.2, -0.15) is 0 Å². The van der Waals surface area contributed by atoms with Crippen LogP contribution < -0.4 is 4.72 Å². The van der Waals surface area contributed by atoms with Crippen LogP contribution in [0.25, 0.3) is 0 Å². The maximum Gasteiger partial charge on any atom is 0.240 e. The van der Waals surface area contributed by atoms with E-state index in [0.29, 0.717) is 0 Å². The molecule has 1 unspecified atom stereocenters. The van der Waals surface area contributed by atoms with E-state index in [-0.39, 0.29) is 23.3 Å². The number of halogens is 1. The molecule has 4 nitrogen and oxygen atoms in total. The fourth-order valence-electron chi connectivity index (χ4n) is 3.19. The molecule has 0 amide bonds. The molecule has 1 aliphatic rings. The normalized spacial score (nSPS) is 16.9. The van der Waals surface area contributed by atoms with Crippen molar-refractivity contribution >= 4 is 10.0 Å². The van der Waals surface area contributed by atoms with Gasteiger partial charge in [0, 0.05) is 12.6 Å². The Morgan fingerprint density at radius 1 is 1.04 bits per heavy atom. The quantitative estimate of drug-likeness (QED) is 0.858. The molecule has 0 aliphatic carbocycles. The molecule has 2 aromatic rings. The first-order chi connectivity index (χ1) is 12.0. The van der Waals surface area contributed by atoms with E-state index < -0.39 is 10.0 Å². The third-order valence-corrected chi connectivity index (χ3v) is 6.07. The zero-order valence-electron chi connectivity index (χ0n) is 14.3. The number of aryl methyl sites for hydroxylation is 1. The Morgan fingerprint density at radius 2 is 1.64 bits per heavy atom. The summed E-state index contributed by atoms with van der Waals surface area (Å²) in [5, 5.41) is 0. The van der Waals surface area contributed by atoms with E-state index in [2.05, 4.69) is 9.62 Å². The lowest BCUT2D eigenvalue weighted by Crippen LogP contribution is -2.36. The predicted molar refractivity (Wildman–Crippen MR) is 96.3 cm³/mol. The van der Waals surface area contributed by atoms with Gasteiger partial charge in [-0.15, -0.1) is 0 Å². The lowest BCUT2D eigenvalue weighted by Gasteiger charge is -2.28. The Labute approximate surface area is 148 Å². The summed E-state index contributed by atoms with van der Waals surface area (Å²) >= 11 is 0. The van der Waals surface area contributed by atoms with Crippen molar-refractivity contribution in [2.24, 2.45) is 0 Å². The number of rotatable bonds is 6. The Balaban J connectivity index is 1.78. The number of hydrogen-bond donors (Lipinski definition) is 1. The van der Waals surface area contributed by atoms with Crippen molar-refractivity contribution in [2.75, 3.05) is 19.6 Å². The molecule has 1 atom stereocenters. The van der Waals surface area contributed by atoms with Crippen molar-refractivity contribution in [3.8, 4) is 0 Å². The van der Waals surface area contributed by atoms with Crippen molar-refractivity contribution in [3.05, 3.63) is 65.5 Å². The van der Waals surface area contributed by atoms with Gasteiger partial charge in [-0.05, 0) is 62.7 Å². The van der Waals surface area contributed by atoms with Gasteiger partial charge in [-0.1, -0.05) is 29.8 Å². The van der Waals surface area contributed by atoms with E-state index >= 15 is 0 Å². The number of benzene rings is 2. The first kappa shape index (κ1) is 18.0. The van der Waals surface area contributed by atoms with Crippen LogP contribution in [-0.4, -0.2) is 33.0 Å². The molecular formula is C19H23FN2O2S. The van der Waals surface area contributed by atoms with Gasteiger partial charge in [0.1, 0.15) is 5.82 Å². The van der Waals surface area contributed by atoms with E-state index in [9.17, 15) is 12.8 Å². The molecule has 1 heterocycles. The molecule has 1 N–H and O–H groups in total. The zero-order chi connectivity index (χ0) is 17.9. The lowest BCUT2D eigenvalue weighted by atomic mass is 10.1. The van der Waals surface area contributed by atoms with Gasteiger partial charge in [0.15, 0.2) is 0 Å². The number of likely N-dealkylation sites (tertiary alicyclic amines) is 1. The van der Waals surface area contributed by atoms with Crippen molar-refractivity contribution in [3.63, 3.8) is 0 Å². The van der Waals surface area contributed by atoms with Gasteiger partial charge in [0.05, 0.1) is 4.90 Å². The molecule has 134 valence electrons. The minimum atomic E-state index is -3.57. The van der Waals surface area contributed by atoms with E-state index in [1.807, 2.05) is 6.92 Å². The molecule has 25 heavy (non-hydrogen) atoms. The highest BCUT2D eigenvalue weighted by atomic mass is 32.2. The maximum atomic E-state index is 13.2. The SMILES string of the molecule is Cc1ccc(S(=O)(=O)NCC(c2ccc(F)cc2)N2CCCC2)cc1. The van der Waals surface area contributed by atoms with Gasteiger partial charge in [-0.3, -0.25) is 4.90 Å². The highest BCUT2D eigenvalue weighted by Crippen LogP contribution is 2.25. The first-order valence-corrected chi connectivity index (χ1v) is 10.00. The second-order valence-corrected chi connectivity index (χ2v) is 8.24. The van der Waals surface area contributed by atoms with Gasteiger partial charge in [-0.25, -0.2) is 17.5 Å². The zero-order valence-corrected chi connectivity index (χ0v) is 15.1. The smallest absolute Gasteiger partial charge is 0.240 e. The van der Waals surface area contributed by atoms with Crippen molar-refractivity contribution in [1.29, 1.82) is 0 Å². The van der Waals surface area contributed by atoms with Crippen LogP contribution in [0.2, 0.25) is 0 Å². The molecule has 1 saturated heterocycles. The van der Waals surface area contributed by atoms with E-state index in [1.54, 1.807) is 36.4 Å². The molecule has 1 fully saturated rings. The summed E-state index contributed by atoms with van der Waals surface area (Å²) in [6.45, 7) is 4.03. The van der Waals surface area contributed by atoms with E-state index in [0.717, 1.165) is 37.1 Å². The molecule has 0 bridgehead atoms. The fraction of sp³-hybridized carbons (Fsp3) is 0.368. The molecule has 1 aliphatic heterocycles. The highest BCUT2D eigenvalue weighted by Gasteiger charge is 2.25. The Bertz CT molecular complexity index is 798. The van der Waals surface area contributed by atoms with Crippen molar-refractivity contribution in [1.82, 2.24) is 9.62 Å². The second-order valence-electron chi connectivity index (χ2n) is 6.48. The van der Waals surface area contributed by atoms with Crippen LogP contribution in [0.3, 0.4) is 0 Å². The average molecular weight is 362 g/mol. The lowest BCUT2D eigenvalue weighted by molar-refractivity contribution is 0.246. The predicted octanol–water partition coefficient (Wildman–Crippen LogP) is 3.25.